The summed E-state index contributed by atoms with van der Waals surface area (Å²) in [4.78, 5) is 12.3. The molecule has 1 aromatic carbocycles. The summed E-state index contributed by atoms with van der Waals surface area (Å²) in [5.74, 6) is 0.733. The number of carbonyl (C=O) groups is 1. The second-order valence-electron chi connectivity index (χ2n) is 5.96. The smallest absolute Gasteiger partial charge is 0.261 e. The Labute approximate surface area is 147 Å². The van der Waals surface area contributed by atoms with Crippen LogP contribution in [0, 0.1) is 12.8 Å². The molecule has 2 atom stereocenters. The molecule has 0 bridgehead atoms. The zero-order chi connectivity index (χ0) is 16.2. The summed E-state index contributed by atoms with van der Waals surface area (Å²) in [6.45, 7) is 10.1. The molecule has 0 saturated carbocycles. The van der Waals surface area contributed by atoms with Crippen LogP contribution in [0.2, 0.25) is 0 Å². The molecule has 1 aromatic rings. The molecule has 3 N–H and O–H groups in total. The highest BCUT2D eigenvalue weighted by Crippen LogP contribution is 2.27. The van der Waals surface area contributed by atoms with Crippen molar-refractivity contribution in [2.45, 2.75) is 46.3 Å². The molecule has 126 valence electrons. The minimum absolute atomic E-state index is 0. The molecular weight excluding hydrogens is 368 g/mol. The van der Waals surface area contributed by atoms with Crippen LogP contribution in [0.3, 0.4) is 0 Å². The van der Waals surface area contributed by atoms with Crippen molar-refractivity contribution in [2.75, 3.05) is 6.54 Å². The van der Waals surface area contributed by atoms with Crippen molar-refractivity contribution in [3.05, 3.63) is 28.2 Å². The van der Waals surface area contributed by atoms with E-state index in [1.165, 1.54) is 0 Å². The van der Waals surface area contributed by atoms with E-state index < -0.39 is 11.6 Å². The number of ether oxygens (including phenoxy) is 1. The van der Waals surface area contributed by atoms with Gasteiger partial charge in [-0.25, -0.2) is 0 Å². The van der Waals surface area contributed by atoms with Crippen LogP contribution in [0.1, 0.15) is 33.3 Å². The Morgan fingerprint density at radius 2 is 2.00 bits per heavy atom. The Kier molecular flexibility index (Phi) is 8.44. The first kappa shape index (κ1) is 21.2. The van der Waals surface area contributed by atoms with E-state index in [0.717, 1.165) is 10.0 Å². The number of halogens is 2. The largest absolute Gasteiger partial charge is 0.480 e. The van der Waals surface area contributed by atoms with Crippen molar-refractivity contribution in [1.29, 1.82) is 0 Å². The van der Waals surface area contributed by atoms with Crippen molar-refractivity contribution < 1.29 is 9.53 Å². The number of hydrogen-bond donors (Lipinski definition) is 2. The van der Waals surface area contributed by atoms with Crippen LogP contribution >= 0.6 is 28.3 Å². The third-order valence-electron chi connectivity index (χ3n) is 3.87. The lowest BCUT2D eigenvalue weighted by Crippen LogP contribution is -2.57. The zero-order valence-corrected chi connectivity index (χ0v) is 16.2. The molecule has 0 aromatic heterocycles. The molecule has 1 rings (SSSR count). The quantitative estimate of drug-likeness (QED) is 0.778. The number of nitrogens with two attached hydrogens (primary N) is 1. The lowest BCUT2D eigenvalue weighted by atomic mass is 9.88. The third-order valence-corrected chi connectivity index (χ3v) is 4.49. The van der Waals surface area contributed by atoms with Gasteiger partial charge in [0.05, 0.1) is 10.0 Å². The van der Waals surface area contributed by atoms with E-state index in [1.807, 2.05) is 45.9 Å². The Morgan fingerprint density at radius 3 is 2.45 bits per heavy atom. The first-order valence-electron chi connectivity index (χ1n) is 7.14. The number of rotatable bonds is 6. The van der Waals surface area contributed by atoms with Gasteiger partial charge in [-0.3, -0.25) is 4.79 Å². The van der Waals surface area contributed by atoms with E-state index in [2.05, 4.69) is 21.2 Å². The molecule has 4 nitrogen and oxygen atoms in total. The number of benzene rings is 1. The van der Waals surface area contributed by atoms with Gasteiger partial charge < -0.3 is 15.8 Å². The summed E-state index contributed by atoms with van der Waals surface area (Å²) in [5.41, 5.74) is 6.48. The molecule has 0 saturated heterocycles. The maximum Gasteiger partial charge on any atom is 0.261 e. The third kappa shape index (κ3) is 5.45. The average Bonchev–Trinajstić information content (AvgIpc) is 2.41. The molecule has 0 spiro atoms. The average molecular weight is 394 g/mol. The Bertz CT molecular complexity index is 511. The van der Waals surface area contributed by atoms with E-state index in [-0.39, 0.29) is 24.2 Å². The molecule has 6 heteroatoms. The van der Waals surface area contributed by atoms with Crippen LogP contribution in [0.5, 0.6) is 5.75 Å². The van der Waals surface area contributed by atoms with Gasteiger partial charge in [-0.05, 0) is 60.3 Å². The molecule has 0 heterocycles. The molecule has 0 aliphatic carbocycles. The highest BCUT2D eigenvalue weighted by molar-refractivity contribution is 9.10. The van der Waals surface area contributed by atoms with Crippen LogP contribution < -0.4 is 15.8 Å². The van der Waals surface area contributed by atoms with Crippen molar-refractivity contribution in [3.8, 4) is 5.75 Å². The Morgan fingerprint density at radius 1 is 1.41 bits per heavy atom. The van der Waals surface area contributed by atoms with E-state index >= 15 is 0 Å². The van der Waals surface area contributed by atoms with Crippen LogP contribution in [-0.2, 0) is 4.79 Å². The molecule has 0 aliphatic rings. The highest BCUT2D eigenvalue weighted by atomic mass is 79.9. The van der Waals surface area contributed by atoms with E-state index in [1.54, 1.807) is 6.92 Å². The van der Waals surface area contributed by atoms with Crippen molar-refractivity contribution in [3.63, 3.8) is 0 Å². The maximum atomic E-state index is 12.3. The fourth-order valence-corrected chi connectivity index (χ4v) is 2.35. The molecule has 1 amide bonds. The van der Waals surface area contributed by atoms with Crippen molar-refractivity contribution >= 4 is 34.2 Å². The molecule has 22 heavy (non-hydrogen) atoms. The van der Waals surface area contributed by atoms with Gasteiger partial charge in [0.25, 0.3) is 5.91 Å². The summed E-state index contributed by atoms with van der Waals surface area (Å²) >= 11 is 3.45. The number of amides is 1. The van der Waals surface area contributed by atoms with Crippen LogP contribution in [-0.4, -0.2) is 24.1 Å². The highest BCUT2D eigenvalue weighted by Gasteiger charge is 2.30. The number of carbonyl (C=O) groups excluding carboxylic acids is 1. The van der Waals surface area contributed by atoms with Gasteiger partial charge in [0.2, 0.25) is 0 Å². The first-order valence-corrected chi connectivity index (χ1v) is 7.94. The van der Waals surface area contributed by atoms with Gasteiger partial charge in [-0.2, -0.15) is 0 Å². The summed E-state index contributed by atoms with van der Waals surface area (Å²) in [6.07, 6.45) is -0.589. The topological polar surface area (TPSA) is 64.3 Å². The Hall–Kier alpha value is -0.780. The van der Waals surface area contributed by atoms with Crippen LogP contribution in [0.15, 0.2) is 22.7 Å². The van der Waals surface area contributed by atoms with E-state index in [9.17, 15) is 4.79 Å². The maximum absolute atomic E-state index is 12.3. The predicted octanol–water partition coefficient (Wildman–Crippen LogP) is 3.44. The summed E-state index contributed by atoms with van der Waals surface area (Å²) in [7, 11) is 0. The number of aryl methyl sites for hydroxylation is 1. The number of nitrogens with one attached hydrogen (secondary N) is 1. The Balaban J connectivity index is 0.00000441. The molecule has 0 aliphatic heterocycles. The minimum Gasteiger partial charge on any atom is -0.480 e. The van der Waals surface area contributed by atoms with Gasteiger partial charge in [-0.15, -0.1) is 12.4 Å². The number of hydrogen-bond acceptors (Lipinski definition) is 3. The normalized spacial score (nSPS) is 14.7. The predicted molar refractivity (Wildman–Crippen MR) is 96.7 cm³/mol. The standard InChI is InChI=1S/C16H25BrN2O2.ClH/c1-10(2)16(5,9-18)19-15(20)12(4)21-14-7-6-11(3)8-13(14)17;/h6-8,10,12H,9,18H2,1-5H3,(H,19,20);1H. The van der Waals surface area contributed by atoms with Gasteiger partial charge in [0.15, 0.2) is 6.10 Å². The van der Waals surface area contributed by atoms with Gasteiger partial charge in [-0.1, -0.05) is 19.9 Å². The first-order chi connectivity index (χ1) is 9.69. The molecule has 2 unspecified atom stereocenters. The van der Waals surface area contributed by atoms with E-state index in [4.69, 9.17) is 10.5 Å². The van der Waals surface area contributed by atoms with E-state index in [0.29, 0.717) is 12.3 Å². The second-order valence-corrected chi connectivity index (χ2v) is 6.81. The molecular formula is C16H26BrClN2O2. The summed E-state index contributed by atoms with van der Waals surface area (Å²) < 4.78 is 6.57. The van der Waals surface area contributed by atoms with Gasteiger partial charge >= 0.3 is 0 Å². The van der Waals surface area contributed by atoms with Gasteiger partial charge in [0.1, 0.15) is 5.75 Å². The fraction of sp³-hybridized carbons (Fsp3) is 0.562. The monoisotopic (exact) mass is 392 g/mol. The second kappa shape index (κ2) is 8.75. The van der Waals surface area contributed by atoms with Gasteiger partial charge in [0, 0.05) is 6.54 Å². The lowest BCUT2D eigenvalue weighted by Gasteiger charge is -2.34. The zero-order valence-electron chi connectivity index (χ0n) is 13.8. The minimum atomic E-state index is -0.589. The van der Waals surface area contributed by atoms with Crippen LogP contribution in [0.4, 0.5) is 0 Å². The van der Waals surface area contributed by atoms with Crippen LogP contribution in [0.25, 0.3) is 0 Å². The fourth-order valence-electron chi connectivity index (χ4n) is 1.76. The SMILES string of the molecule is Cc1ccc(OC(C)C(=O)NC(C)(CN)C(C)C)c(Br)c1.Cl. The lowest BCUT2D eigenvalue weighted by molar-refractivity contribution is -0.129. The van der Waals surface area contributed by atoms with Crippen molar-refractivity contribution in [1.82, 2.24) is 5.32 Å². The molecule has 0 radical (unpaired) electrons. The summed E-state index contributed by atoms with van der Waals surface area (Å²) in [5, 5.41) is 2.99. The molecule has 0 fully saturated rings. The summed E-state index contributed by atoms with van der Waals surface area (Å²) in [6, 6.07) is 5.76. The van der Waals surface area contributed by atoms with Crippen molar-refractivity contribution in [2.24, 2.45) is 11.7 Å².